The molecular formula is C23H28ClNO3. The van der Waals surface area contributed by atoms with E-state index in [4.69, 9.17) is 16.3 Å². The Balaban J connectivity index is 1.89. The minimum Gasteiger partial charge on any atom is -0.455 e. The molecule has 4 nitrogen and oxygen atoms in total. The third-order valence-electron chi connectivity index (χ3n) is 4.55. The number of unbranched alkanes of at least 4 members (excludes halogenated alkanes) is 1. The number of carbonyl (C=O) groups excluding carboxylic acids is 2. The highest BCUT2D eigenvalue weighted by Crippen LogP contribution is 2.27. The second-order valence-corrected chi connectivity index (χ2v) is 7.67. The molecule has 2 rings (SSSR count). The van der Waals surface area contributed by atoms with E-state index in [2.05, 4.69) is 12.2 Å². The van der Waals surface area contributed by atoms with Crippen molar-refractivity contribution in [2.75, 3.05) is 11.9 Å². The van der Waals surface area contributed by atoms with Crippen molar-refractivity contribution < 1.29 is 14.3 Å². The van der Waals surface area contributed by atoms with Gasteiger partial charge in [-0.2, -0.15) is 0 Å². The topological polar surface area (TPSA) is 55.4 Å². The molecule has 0 unspecified atom stereocenters. The van der Waals surface area contributed by atoms with Crippen molar-refractivity contribution >= 4 is 29.2 Å². The van der Waals surface area contributed by atoms with Gasteiger partial charge in [0, 0.05) is 10.7 Å². The summed E-state index contributed by atoms with van der Waals surface area (Å²) in [6.45, 7) is 5.74. The number of ether oxygens (including phenoxy) is 1. The van der Waals surface area contributed by atoms with E-state index in [9.17, 15) is 9.59 Å². The van der Waals surface area contributed by atoms with Gasteiger partial charge in [-0.25, -0.2) is 0 Å². The van der Waals surface area contributed by atoms with Gasteiger partial charge in [-0.3, -0.25) is 9.59 Å². The van der Waals surface area contributed by atoms with Gasteiger partial charge in [0.1, 0.15) is 0 Å². The van der Waals surface area contributed by atoms with Crippen LogP contribution < -0.4 is 5.32 Å². The third-order valence-corrected chi connectivity index (χ3v) is 4.80. The summed E-state index contributed by atoms with van der Waals surface area (Å²) in [6, 6.07) is 14.9. The summed E-state index contributed by atoms with van der Waals surface area (Å²) in [6.07, 6.45) is 3.33. The predicted octanol–water partition coefficient (Wildman–Crippen LogP) is 5.60. The van der Waals surface area contributed by atoms with Crippen LogP contribution in [0.2, 0.25) is 5.02 Å². The first-order chi connectivity index (χ1) is 13.4. The van der Waals surface area contributed by atoms with Gasteiger partial charge in [-0.1, -0.05) is 63.1 Å². The Hall–Kier alpha value is -2.33. The van der Waals surface area contributed by atoms with Crippen molar-refractivity contribution in [2.24, 2.45) is 5.92 Å². The van der Waals surface area contributed by atoms with Gasteiger partial charge in [0.05, 0.1) is 5.92 Å². The van der Waals surface area contributed by atoms with Gasteiger partial charge in [0.2, 0.25) is 0 Å². The highest BCUT2D eigenvalue weighted by atomic mass is 35.5. The largest absolute Gasteiger partial charge is 0.455 e. The SMILES string of the molecule is CCCCc1ccc(NC(=O)COC(=O)[C@H](c2ccc(Cl)cc2)C(C)C)cc1. The zero-order chi connectivity index (χ0) is 20.5. The molecule has 0 aliphatic heterocycles. The number of esters is 1. The first-order valence-electron chi connectivity index (χ1n) is 9.71. The van der Waals surface area contributed by atoms with Crippen LogP contribution in [0, 0.1) is 5.92 Å². The van der Waals surface area contributed by atoms with Gasteiger partial charge in [-0.05, 0) is 54.2 Å². The summed E-state index contributed by atoms with van der Waals surface area (Å²) in [5, 5.41) is 3.37. The molecular weight excluding hydrogens is 374 g/mol. The van der Waals surface area contributed by atoms with Crippen LogP contribution in [0.4, 0.5) is 5.69 Å². The van der Waals surface area contributed by atoms with Gasteiger partial charge in [0.25, 0.3) is 5.91 Å². The van der Waals surface area contributed by atoms with E-state index >= 15 is 0 Å². The van der Waals surface area contributed by atoms with Crippen molar-refractivity contribution in [3.63, 3.8) is 0 Å². The number of aryl methyl sites for hydroxylation is 1. The van der Waals surface area contributed by atoms with E-state index in [1.54, 1.807) is 12.1 Å². The van der Waals surface area contributed by atoms with Crippen molar-refractivity contribution in [3.05, 3.63) is 64.7 Å². The first-order valence-corrected chi connectivity index (χ1v) is 10.1. The number of amides is 1. The summed E-state index contributed by atoms with van der Waals surface area (Å²) in [5.41, 5.74) is 2.76. The molecule has 0 heterocycles. The smallest absolute Gasteiger partial charge is 0.314 e. The molecule has 0 aliphatic rings. The van der Waals surface area contributed by atoms with Crippen molar-refractivity contribution in [1.29, 1.82) is 0 Å². The summed E-state index contributed by atoms with van der Waals surface area (Å²) in [7, 11) is 0. The molecule has 0 aliphatic carbocycles. The summed E-state index contributed by atoms with van der Waals surface area (Å²) < 4.78 is 5.28. The number of benzene rings is 2. The molecule has 0 saturated heterocycles. The van der Waals surface area contributed by atoms with Crippen LogP contribution in [-0.2, 0) is 20.7 Å². The van der Waals surface area contributed by atoms with Crippen LogP contribution in [0.15, 0.2) is 48.5 Å². The molecule has 1 atom stereocenters. The Morgan fingerprint density at radius 2 is 1.68 bits per heavy atom. The highest BCUT2D eigenvalue weighted by molar-refractivity contribution is 6.30. The molecule has 1 amide bonds. The molecule has 150 valence electrons. The third kappa shape index (κ3) is 6.68. The fourth-order valence-electron chi connectivity index (χ4n) is 3.02. The Bertz CT molecular complexity index is 769. The maximum atomic E-state index is 12.5. The number of nitrogens with one attached hydrogen (secondary N) is 1. The Kier molecular flexibility index (Phi) is 8.52. The lowest BCUT2D eigenvalue weighted by Crippen LogP contribution is -2.26. The van der Waals surface area contributed by atoms with E-state index in [1.807, 2.05) is 50.2 Å². The Labute approximate surface area is 172 Å². The lowest BCUT2D eigenvalue weighted by atomic mass is 9.88. The van der Waals surface area contributed by atoms with E-state index in [-0.39, 0.29) is 18.4 Å². The average Bonchev–Trinajstić information content (AvgIpc) is 2.67. The predicted molar refractivity (Wildman–Crippen MR) is 114 cm³/mol. The van der Waals surface area contributed by atoms with Crippen LogP contribution in [0.5, 0.6) is 0 Å². The van der Waals surface area contributed by atoms with E-state index in [0.29, 0.717) is 10.7 Å². The Morgan fingerprint density at radius 1 is 1.04 bits per heavy atom. The van der Waals surface area contributed by atoms with E-state index in [0.717, 1.165) is 24.8 Å². The van der Waals surface area contributed by atoms with Gasteiger partial charge in [-0.15, -0.1) is 0 Å². The molecule has 0 saturated carbocycles. The average molecular weight is 402 g/mol. The van der Waals surface area contributed by atoms with Gasteiger partial charge in [0.15, 0.2) is 6.61 Å². The van der Waals surface area contributed by atoms with Crippen LogP contribution in [0.1, 0.15) is 50.7 Å². The maximum Gasteiger partial charge on any atom is 0.314 e. The quantitative estimate of drug-likeness (QED) is 0.556. The molecule has 0 aromatic heterocycles. The van der Waals surface area contributed by atoms with Crippen molar-refractivity contribution in [3.8, 4) is 0 Å². The van der Waals surface area contributed by atoms with Crippen LogP contribution in [0.3, 0.4) is 0 Å². The first kappa shape index (κ1) is 22.0. The molecule has 1 N–H and O–H groups in total. The number of hydrogen-bond donors (Lipinski definition) is 1. The minimum absolute atomic E-state index is 0.0346. The van der Waals surface area contributed by atoms with E-state index in [1.165, 1.54) is 5.56 Å². The van der Waals surface area contributed by atoms with E-state index < -0.39 is 11.9 Å². The maximum absolute atomic E-state index is 12.5. The summed E-state index contributed by atoms with van der Waals surface area (Å²) >= 11 is 5.92. The Morgan fingerprint density at radius 3 is 2.25 bits per heavy atom. The standard InChI is InChI=1S/C23H28ClNO3/c1-4-5-6-17-7-13-20(14-8-17)25-21(26)15-28-23(27)22(16(2)3)18-9-11-19(24)12-10-18/h7-14,16,22H,4-6,15H2,1-3H3,(H,25,26)/t22-/m0/s1. The number of carbonyl (C=O) groups is 2. The lowest BCUT2D eigenvalue weighted by Gasteiger charge is -2.20. The van der Waals surface area contributed by atoms with Crippen LogP contribution in [-0.4, -0.2) is 18.5 Å². The normalized spacial score (nSPS) is 11.9. The minimum atomic E-state index is -0.442. The van der Waals surface area contributed by atoms with Crippen LogP contribution >= 0.6 is 11.6 Å². The second kappa shape index (κ2) is 10.9. The lowest BCUT2D eigenvalue weighted by molar-refractivity contribution is -0.149. The molecule has 2 aromatic rings. The molecule has 28 heavy (non-hydrogen) atoms. The monoisotopic (exact) mass is 401 g/mol. The fraction of sp³-hybridized carbons (Fsp3) is 0.391. The second-order valence-electron chi connectivity index (χ2n) is 7.23. The molecule has 0 fully saturated rings. The van der Waals surface area contributed by atoms with Crippen LogP contribution in [0.25, 0.3) is 0 Å². The summed E-state index contributed by atoms with van der Waals surface area (Å²) in [5.74, 6) is -1.18. The summed E-state index contributed by atoms with van der Waals surface area (Å²) in [4.78, 5) is 24.7. The zero-order valence-electron chi connectivity index (χ0n) is 16.7. The number of rotatable bonds is 9. The van der Waals surface area contributed by atoms with Gasteiger partial charge >= 0.3 is 5.97 Å². The van der Waals surface area contributed by atoms with Crippen molar-refractivity contribution in [1.82, 2.24) is 0 Å². The number of halogens is 1. The highest BCUT2D eigenvalue weighted by Gasteiger charge is 2.26. The number of hydrogen-bond acceptors (Lipinski definition) is 3. The molecule has 0 spiro atoms. The molecule has 0 bridgehead atoms. The zero-order valence-corrected chi connectivity index (χ0v) is 17.5. The molecule has 0 radical (unpaired) electrons. The fourth-order valence-corrected chi connectivity index (χ4v) is 3.15. The van der Waals surface area contributed by atoms with Gasteiger partial charge < -0.3 is 10.1 Å². The molecule has 5 heteroatoms. The molecule has 2 aromatic carbocycles. The van der Waals surface area contributed by atoms with Crippen molar-refractivity contribution in [2.45, 2.75) is 46.0 Å². The number of anilines is 1.